The van der Waals surface area contributed by atoms with Gasteiger partial charge in [0.15, 0.2) is 0 Å². The molecule has 1 aromatic carbocycles. The number of aromatic nitrogens is 1. The van der Waals surface area contributed by atoms with Crippen LogP contribution in [0, 0.1) is 0 Å². The van der Waals surface area contributed by atoms with Gasteiger partial charge in [-0.05, 0) is 23.8 Å². The second-order valence-electron chi connectivity index (χ2n) is 4.19. The van der Waals surface area contributed by atoms with Crippen LogP contribution in [0.3, 0.4) is 0 Å². The number of hydrogen-bond donors (Lipinski definition) is 2. The maximum absolute atomic E-state index is 11.7. The van der Waals surface area contributed by atoms with E-state index in [0.29, 0.717) is 21.3 Å². The summed E-state index contributed by atoms with van der Waals surface area (Å²) in [7, 11) is 0. The number of nitrogens with zero attached hydrogens (tertiary/aromatic N) is 1. The third-order valence-corrected chi connectivity index (χ3v) is 3.04. The van der Waals surface area contributed by atoms with Gasteiger partial charge in [0, 0.05) is 16.1 Å². The van der Waals surface area contributed by atoms with Gasteiger partial charge in [-0.15, -0.1) is 0 Å². The summed E-state index contributed by atoms with van der Waals surface area (Å²) in [6, 6.07) is 6.35. The number of aliphatic hydroxyl groups is 1. The molecule has 0 spiro atoms. The summed E-state index contributed by atoms with van der Waals surface area (Å²) < 4.78 is 4.64. The monoisotopic (exact) mass is 314 g/mol. The standard InChI is InChI=1S/C13H12Cl2N2O3/c14-9-3-8(4-10(15)5-9)12(18)6-13(19)16-7-11-1-2-20-17-11/h1-5,12,18H,6-7H2,(H,16,19). The Balaban J connectivity index is 1.90. The van der Waals surface area contributed by atoms with Crippen molar-refractivity contribution >= 4 is 29.1 Å². The second-order valence-corrected chi connectivity index (χ2v) is 5.06. The van der Waals surface area contributed by atoms with Gasteiger partial charge in [0.25, 0.3) is 0 Å². The molecule has 7 heteroatoms. The minimum Gasteiger partial charge on any atom is -0.388 e. The number of hydrogen-bond acceptors (Lipinski definition) is 4. The van der Waals surface area contributed by atoms with E-state index in [1.807, 2.05) is 0 Å². The smallest absolute Gasteiger partial charge is 0.223 e. The minimum atomic E-state index is -0.969. The molecule has 1 amide bonds. The van der Waals surface area contributed by atoms with Crippen molar-refractivity contribution in [3.63, 3.8) is 0 Å². The molecule has 1 heterocycles. The van der Waals surface area contributed by atoms with Crippen LogP contribution in [0.15, 0.2) is 35.1 Å². The Morgan fingerprint density at radius 1 is 1.35 bits per heavy atom. The molecule has 20 heavy (non-hydrogen) atoms. The van der Waals surface area contributed by atoms with Crippen LogP contribution in [-0.4, -0.2) is 16.2 Å². The second kappa shape index (κ2) is 6.74. The van der Waals surface area contributed by atoms with Gasteiger partial charge >= 0.3 is 0 Å². The quantitative estimate of drug-likeness (QED) is 0.889. The number of rotatable bonds is 5. The zero-order valence-electron chi connectivity index (χ0n) is 10.3. The first kappa shape index (κ1) is 14.8. The van der Waals surface area contributed by atoms with E-state index in [1.54, 1.807) is 24.3 Å². The summed E-state index contributed by atoms with van der Waals surface area (Å²) in [6.07, 6.45) is 0.363. The number of amides is 1. The van der Waals surface area contributed by atoms with E-state index in [2.05, 4.69) is 15.0 Å². The van der Waals surface area contributed by atoms with Gasteiger partial charge in [0.2, 0.25) is 5.91 Å². The molecule has 2 aromatic rings. The van der Waals surface area contributed by atoms with Gasteiger partial charge in [-0.2, -0.15) is 0 Å². The lowest BCUT2D eigenvalue weighted by molar-refractivity contribution is -0.123. The van der Waals surface area contributed by atoms with E-state index in [-0.39, 0.29) is 18.9 Å². The highest BCUT2D eigenvalue weighted by atomic mass is 35.5. The van der Waals surface area contributed by atoms with Gasteiger partial charge in [-0.3, -0.25) is 4.79 Å². The first-order valence-corrected chi connectivity index (χ1v) is 6.60. The van der Waals surface area contributed by atoms with Crippen molar-refractivity contribution in [1.82, 2.24) is 10.5 Å². The molecule has 2 N–H and O–H groups in total. The number of nitrogens with one attached hydrogen (secondary N) is 1. The fraction of sp³-hybridized carbons (Fsp3) is 0.231. The summed E-state index contributed by atoms with van der Waals surface area (Å²) in [5.74, 6) is -0.309. The Bertz CT molecular complexity index is 567. The number of benzene rings is 1. The van der Waals surface area contributed by atoms with Crippen LogP contribution in [0.5, 0.6) is 0 Å². The van der Waals surface area contributed by atoms with E-state index in [0.717, 1.165) is 0 Å². The van der Waals surface area contributed by atoms with Crippen molar-refractivity contribution < 1.29 is 14.4 Å². The maximum atomic E-state index is 11.7. The lowest BCUT2D eigenvalue weighted by atomic mass is 10.1. The molecule has 0 saturated carbocycles. The van der Waals surface area contributed by atoms with Crippen molar-refractivity contribution in [2.75, 3.05) is 0 Å². The van der Waals surface area contributed by atoms with Crippen LogP contribution in [0.1, 0.15) is 23.8 Å². The predicted molar refractivity (Wildman–Crippen MR) is 74.4 cm³/mol. The lowest BCUT2D eigenvalue weighted by Crippen LogP contribution is -2.24. The van der Waals surface area contributed by atoms with Gasteiger partial charge in [-0.25, -0.2) is 0 Å². The van der Waals surface area contributed by atoms with Crippen molar-refractivity contribution in [2.24, 2.45) is 0 Å². The van der Waals surface area contributed by atoms with Crippen molar-refractivity contribution in [2.45, 2.75) is 19.1 Å². The molecule has 0 radical (unpaired) electrons. The largest absolute Gasteiger partial charge is 0.388 e. The first-order chi connectivity index (χ1) is 9.54. The molecule has 0 bridgehead atoms. The average molecular weight is 315 g/mol. The molecule has 1 unspecified atom stereocenters. The molecule has 0 aliphatic rings. The van der Waals surface area contributed by atoms with Crippen molar-refractivity contribution in [3.8, 4) is 0 Å². The van der Waals surface area contributed by atoms with Crippen LogP contribution < -0.4 is 5.32 Å². The number of carbonyl (C=O) groups is 1. The zero-order valence-corrected chi connectivity index (χ0v) is 11.9. The van der Waals surface area contributed by atoms with Crippen LogP contribution in [0.25, 0.3) is 0 Å². The highest BCUT2D eigenvalue weighted by Crippen LogP contribution is 2.25. The third-order valence-electron chi connectivity index (χ3n) is 2.61. The zero-order chi connectivity index (χ0) is 14.5. The van der Waals surface area contributed by atoms with Crippen LogP contribution in [0.4, 0.5) is 0 Å². The molecule has 1 atom stereocenters. The van der Waals surface area contributed by atoms with Gasteiger partial charge < -0.3 is 14.9 Å². The van der Waals surface area contributed by atoms with Crippen molar-refractivity contribution in [1.29, 1.82) is 0 Å². The molecule has 0 aliphatic heterocycles. The van der Waals surface area contributed by atoms with Gasteiger partial charge in [0.05, 0.1) is 19.1 Å². The minimum absolute atomic E-state index is 0.0888. The van der Waals surface area contributed by atoms with E-state index >= 15 is 0 Å². The van der Waals surface area contributed by atoms with Gasteiger partial charge in [0.1, 0.15) is 12.0 Å². The van der Waals surface area contributed by atoms with E-state index in [9.17, 15) is 9.90 Å². The maximum Gasteiger partial charge on any atom is 0.223 e. The molecule has 2 rings (SSSR count). The topological polar surface area (TPSA) is 75.4 Å². The SMILES string of the molecule is O=C(CC(O)c1cc(Cl)cc(Cl)c1)NCc1ccon1. The first-order valence-electron chi connectivity index (χ1n) is 5.84. The Hall–Kier alpha value is -1.56. The highest BCUT2D eigenvalue weighted by Gasteiger charge is 2.14. The number of aliphatic hydroxyl groups excluding tert-OH is 1. The fourth-order valence-electron chi connectivity index (χ4n) is 1.65. The Kier molecular flexibility index (Phi) is 5.00. The summed E-state index contributed by atoms with van der Waals surface area (Å²) in [4.78, 5) is 11.7. The van der Waals surface area contributed by atoms with Gasteiger partial charge in [-0.1, -0.05) is 28.4 Å². The molecular weight excluding hydrogens is 303 g/mol. The summed E-state index contributed by atoms with van der Waals surface area (Å²) in [6.45, 7) is 0.248. The van der Waals surface area contributed by atoms with Crippen molar-refractivity contribution in [3.05, 3.63) is 51.8 Å². The lowest BCUT2D eigenvalue weighted by Gasteiger charge is -2.11. The Labute approximate surface area is 125 Å². The summed E-state index contributed by atoms with van der Waals surface area (Å²) in [5.41, 5.74) is 1.11. The predicted octanol–water partition coefficient (Wildman–Crippen LogP) is 2.72. The molecular formula is C13H12Cl2N2O3. The molecule has 0 saturated heterocycles. The summed E-state index contributed by atoms with van der Waals surface area (Å²) in [5, 5.41) is 17.1. The Morgan fingerprint density at radius 3 is 2.65 bits per heavy atom. The van der Waals surface area contributed by atoms with E-state index in [4.69, 9.17) is 23.2 Å². The molecule has 5 nitrogen and oxygen atoms in total. The summed E-state index contributed by atoms with van der Waals surface area (Å²) >= 11 is 11.7. The van der Waals surface area contributed by atoms with Crippen LogP contribution in [-0.2, 0) is 11.3 Å². The number of halogens is 2. The molecule has 0 fully saturated rings. The van der Waals surface area contributed by atoms with E-state index in [1.165, 1.54) is 6.26 Å². The molecule has 0 aliphatic carbocycles. The number of carbonyl (C=O) groups excluding carboxylic acids is 1. The van der Waals surface area contributed by atoms with Crippen LogP contribution >= 0.6 is 23.2 Å². The fourth-order valence-corrected chi connectivity index (χ4v) is 2.19. The average Bonchev–Trinajstić information content (AvgIpc) is 2.88. The third kappa shape index (κ3) is 4.23. The molecule has 106 valence electrons. The van der Waals surface area contributed by atoms with Crippen LogP contribution in [0.2, 0.25) is 10.0 Å². The highest BCUT2D eigenvalue weighted by molar-refractivity contribution is 6.34. The Morgan fingerprint density at radius 2 is 2.05 bits per heavy atom. The van der Waals surface area contributed by atoms with E-state index < -0.39 is 6.10 Å². The molecule has 1 aromatic heterocycles. The normalized spacial score (nSPS) is 12.2.